The molecule has 212 valence electrons. The molecule has 0 saturated carbocycles. The predicted molar refractivity (Wildman–Crippen MR) is 162 cm³/mol. The Bertz CT molecular complexity index is 1670. The van der Waals surface area contributed by atoms with Gasteiger partial charge in [0.25, 0.3) is 5.91 Å². The van der Waals surface area contributed by atoms with Crippen LogP contribution in [-0.4, -0.2) is 65.7 Å². The molecular weight excluding hydrogens is 659 g/mol. The van der Waals surface area contributed by atoms with Crippen LogP contribution >= 0.6 is 35.7 Å². The number of fused-ring (bicyclic) bond motifs is 3. The largest absolute Gasteiger partial charge is 1.00 e. The number of benzene rings is 2. The van der Waals surface area contributed by atoms with Crippen LogP contribution in [0.1, 0.15) is 12.8 Å². The van der Waals surface area contributed by atoms with Gasteiger partial charge in [0.1, 0.15) is 4.32 Å². The van der Waals surface area contributed by atoms with E-state index >= 15 is 0 Å². The number of thiocarbonyl (C=S) groups is 1. The predicted octanol–water partition coefficient (Wildman–Crippen LogP) is -1.67. The molecule has 42 heavy (non-hydrogen) atoms. The van der Waals surface area contributed by atoms with Gasteiger partial charge in [0.2, 0.25) is 0 Å². The van der Waals surface area contributed by atoms with E-state index in [1.54, 1.807) is 36.1 Å². The standard InChI is InChI=1S/C26H26N2O7S5.2Na/c29-25-22(38-26(36)28(25)16-8-18-40(33,34)35)11-3-1-2-4-12-23-27(15-7-17-39(30,31)32)24-20-10-6-5-9-19(20)13-14-21(24)37-23;;/h1-6,9-14H,7-8,15-18H2,(H,30,31,32)(H,33,34,35);;/q;2*+1/p-2/b3-1+,4-2+,22-11-,23-12-;;. The van der Waals surface area contributed by atoms with Crippen molar-refractivity contribution in [2.45, 2.75) is 17.7 Å². The van der Waals surface area contributed by atoms with Gasteiger partial charge in [0.15, 0.2) is 0 Å². The Morgan fingerprint density at radius 1 is 0.786 bits per heavy atom. The molecule has 0 spiro atoms. The van der Waals surface area contributed by atoms with E-state index in [2.05, 4.69) is 0 Å². The molecule has 0 atom stereocenters. The molecule has 16 heteroatoms. The van der Waals surface area contributed by atoms with Gasteiger partial charge in [-0.3, -0.25) is 9.69 Å². The van der Waals surface area contributed by atoms with Crippen molar-refractivity contribution < 1.29 is 89.9 Å². The van der Waals surface area contributed by atoms with Gasteiger partial charge < -0.3 is 14.0 Å². The van der Waals surface area contributed by atoms with Crippen molar-refractivity contribution in [1.29, 1.82) is 0 Å². The van der Waals surface area contributed by atoms with Gasteiger partial charge in [0, 0.05) is 34.9 Å². The Balaban J connectivity index is 0.00000308. The molecule has 0 radical (unpaired) electrons. The summed E-state index contributed by atoms with van der Waals surface area (Å²) in [5, 5.41) is 2.99. The Morgan fingerprint density at radius 3 is 2.02 bits per heavy atom. The molecule has 0 aromatic heterocycles. The van der Waals surface area contributed by atoms with Crippen LogP contribution in [0.15, 0.2) is 87.7 Å². The van der Waals surface area contributed by atoms with Crippen LogP contribution in [0.25, 0.3) is 10.8 Å². The first-order chi connectivity index (χ1) is 18.9. The van der Waals surface area contributed by atoms with Crippen molar-refractivity contribution >= 4 is 82.7 Å². The van der Waals surface area contributed by atoms with Crippen LogP contribution in [0.5, 0.6) is 0 Å². The first kappa shape index (κ1) is 37.7. The number of carbonyl (C=O) groups excluding carboxylic acids is 1. The minimum absolute atomic E-state index is 0. The van der Waals surface area contributed by atoms with Crippen LogP contribution in [0.4, 0.5) is 5.69 Å². The van der Waals surface area contributed by atoms with E-state index in [9.17, 15) is 30.7 Å². The Labute approximate surface area is 304 Å². The normalized spacial score (nSPS) is 17.6. The fourth-order valence-electron chi connectivity index (χ4n) is 4.13. The molecule has 0 unspecified atom stereocenters. The van der Waals surface area contributed by atoms with Crippen LogP contribution in [0.3, 0.4) is 0 Å². The third-order valence-corrected chi connectivity index (χ3v) is 9.95. The zero-order chi connectivity index (χ0) is 28.9. The SMILES string of the molecule is O=C1/C(=C/C=C/C=C/C=C2\Sc3ccc4ccccc4c3N2CCCS(=O)(=O)[O-])SC(=S)N1CCCS(=O)(=O)[O-].[Na+].[Na+]. The third kappa shape index (κ3) is 10.6. The van der Waals surface area contributed by atoms with Gasteiger partial charge in [-0.15, -0.1) is 0 Å². The summed E-state index contributed by atoms with van der Waals surface area (Å²) in [6.07, 6.45) is 10.8. The smallest absolute Gasteiger partial charge is 0.748 e. The molecule has 2 aromatic rings. The molecule has 1 fully saturated rings. The Morgan fingerprint density at radius 2 is 1.38 bits per heavy atom. The van der Waals surface area contributed by atoms with Gasteiger partial charge in [-0.2, -0.15) is 0 Å². The van der Waals surface area contributed by atoms with Crippen LogP contribution in [0.2, 0.25) is 0 Å². The molecule has 2 heterocycles. The van der Waals surface area contributed by atoms with Crippen molar-refractivity contribution in [1.82, 2.24) is 4.90 Å². The fourth-order valence-corrected chi connectivity index (χ4v) is 7.48. The average molecular weight is 683 g/mol. The van der Waals surface area contributed by atoms with Crippen molar-refractivity contribution in [2.24, 2.45) is 0 Å². The molecule has 0 aliphatic carbocycles. The van der Waals surface area contributed by atoms with Gasteiger partial charge in [-0.1, -0.05) is 90.4 Å². The molecule has 2 aliphatic rings. The number of amides is 1. The van der Waals surface area contributed by atoms with Crippen molar-refractivity contribution in [3.63, 3.8) is 0 Å². The average Bonchev–Trinajstić information content (AvgIpc) is 3.36. The monoisotopic (exact) mass is 682 g/mol. The van der Waals surface area contributed by atoms with Crippen LogP contribution in [0, 0.1) is 0 Å². The second-order valence-electron chi connectivity index (χ2n) is 8.75. The molecule has 1 amide bonds. The molecule has 1 saturated heterocycles. The Hall–Kier alpha value is -0.460. The number of hydrogen-bond donors (Lipinski definition) is 0. The summed E-state index contributed by atoms with van der Waals surface area (Å²) in [4.78, 5) is 17.3. The minimum Gasteiger partial charge on any atom is -0.748 e. The summed E-state index contributed by atoms with van der Waals surface area (Å²) in [6.45, 7) is 0.431. The summed E-state index contributed by atoms with van der Waals surface area (Å²) in [7, 11) is -8.66. The minimum atomic E-state index is -4.35. The quantitative estimate of drug-likeness (QED) is 0.0885. The molecular formula is C26H24N2Na2O7S5. The third-order valence-electron chi connectivity index (χ3n) is 5.86. The molecule has 4 rings (SSSR count). The first-order valence-corrected chi connectivity index (χ1v) is 17.3. The second kappa shape index (κ2) is 16.7. The van der Waals surface area contributed by atoms with Gasteiger partial charge in [-0.25, -0.2) is 16.8 Å². The number of anilines is 1. The van der Waals surface area contributed by atoms with Crippen LogP contribution < -0.4 is 64.0 Å². The molecule has 9 nitrogen and oxygen atoms in total. The maximum atomic E-state index is 12.5. The number of thioether (sulfide) groups is 2. The fraction of sp³-hybridized carbons (Fsp3) is 0.231. The molecule has 0 bridgehead atoms. The second-order valence-corrected chi connectivity index (χ2v) is 14.5. The number of rotatable bonds is 11. The van der Waals surface area contributed by atoms with Crippen molar-refractivity contribution in [3.05, 3.63) is 82.8 Å². The van der Waals surface area contributed by atoms with E-state index in [1.807, 2.05) is 53.5 Å². The van der Waals surface area contributed by atoms with E-state index < -0.39 is 31.7 Å². The zero-order valence-corrected chi connectivity index (χ0v) is 31.0. The van der Waals surface area contributed by atoms with Gasteiger partial charge in [0.05, 0.1) is 35.9 Å². The number of allylic oxidation sites excluding steroid dienone is 6. The molecule has 2 aromatic carbocycles. The summed E-state index contributed by atoms with van der Waals surface area (Å²) in [6, 6.07) is 12.0. The van der Waals surface area contributed by atoms with Gasteiger partial charge >= 0.3 is 59.1 Å². The topological polar surface area (TPSA) is 138 Å². The first-order valence-electron chi connectivity index (χ1n) is 12.1. The van der Waals surface area contributed by atoms with Crippen LogP contribution in [-0.2, 0) is 25.0 Å². The summed E-state index contributed by atoms with van der Waals surface area (Å²) < 4.78 is 66.2. The van der Waals surface area contributed by atoms with E-state index in [0.717, 1.165) is 38.1 Å². The van der Waals surface area contributed by atoms with Gasteiger partial charge in [-0.05, 0) is 36.4 Å². The molecule has 0 N–H and O–H groups in total. The maximum Gasteiger partial charge on any atom is 1.00 e. The van der Waals surface area contributed by atoms with E-state index in [4.69, 9.17) is 12.2 Å². The zero-order valence-electron chi connectivity index (χ0n) is 23.0. The number of hydrogen-bond acceptors (Lipinski definition) is 11. The maximum absolute atomic E-state index is 12.5. The van der Waals surface area contributed by atoms with E-state index in [-0.39, 0.29) is 84.4 Å². The summed E-state index contributed by atoms with van der Waals surface area (Å²) in [5.74, 6) is -1.33. The number of carbonyl (C=O) groups is 1. The summed E-state index contributed by atoms with van der Waals surface area (Å²) >= 11 is 7.86. The van der Waals surface area contributed by atoms with Crippen molar-refractivity contribution in [2.75, 3.05) is 29.5 Å². The summed E-state index contributed by atoms with van der Waals surface area (Å²) in [5.41, 5.74) is 0.983. The number of nitrogens with zero attached hydrogens (tertiary/aromatic N) is 2. The van der Waals surface area contributed by atoms with E-state index in [1.165, 1.54) is 4.90 Å². The molecule has 2 aliphatic heterocycles. The Kier molecular flexibility index (Phi) is 15.0. The van der Waals surface area contributed by atoms with E-state index in [0.29, 0.717) is 15.8 Å². The van der Waals surface area contributed by atoms with Crippen molar-refractivity contribution in [3.8, 4) is 0 Å².